The van der Waals surface area contributed by atoms with E-state index >= 15 is 0 Å². The molecule has 0 fully saturated rings. The Morgan fingerprint density at radius 1 is 1.22 bits per heavy atom. The third-order valence-electron chi connectivity index (χ3n) is 4.91. The molecule has 0 bridgehead atoms. The molecular weight excluding hydrogens is 438 g/mol. The second kappa shape index (κ2) is 8.24. The van der Waals surface area contributed by atoms with Crippen LogP contribution in [0.5, 0.6) is 0 Å². The van der Waals surface area contributed by atoms with E-state index in [1.54, 1.807) is 25.1 Å². The quantitative estimate of drug-likeness (QED) is 0.476. The Balaban J connectivity index is 2.00. The summed E-state index contributed by atoms with van der Waals surface area (Å²) in [5, 5.41) is 13.1. The van der Waals surface area contributed by atoms with E-state index in [0.29, 0.717) is 5.39 Å². The van der Waals surface area contributed by atoms with Gasteiger partial charge in [0, 0.05) is 5.69 Å². The summed E-state index contributed by atoms with van der Waals surface area (Å²) < 4.78 is 30.4. The van der Waals surface area contributed by atoms with Crippen LogP contribution in [-0.4, -0.2) is 14.5 Å². The lowest BCUT2D eigenvalue weighted by Crippen LogP contribution is -2.27. The van der Waals surface area contributed by atoms with E-state index in [9.17, 15) is 18.8 Å². The summed E-state index contributed by atoms with van der Waals surface area (Å²) in [5.74, 6) is -1.79. The molecule has 2 aromatic carbocycles. The summed E-state index contributed by atoms with van der Waals surface area (Å²) in [6.45, 7) is 1.65. The van der Waals surface area contributed by atoms with Crippen molar-refractivity contribution in [2.45, 2.75) is 13.0 Å². The number of para-hydroxylation sites is 1. The summed E-state index contributed by atoms with van der Waals surface area (Å²) in [5.41, 5.74) is 4.73. The van der Waals surface area contributed by atoms with E-state index in [1.807, 2.05) is 6.07 Å². The van der Waals surface area contributed by atoms with Crippen molar-refractivity contribution < 1.29 is 8.78 Å². The number of aromatic nitrogens is 3. The van der Waals surface area contributed by atoms with Gasteiger partial charge in [0.25, 0.3) is 5.56 Å². The van der Waals surface area contributed by atoms with E-state index in [1.165, 1.54) is 18.3 Å². The average Bonchev–Trinajstić information content (AvgIpc) is 2.75. The maximum absolute atomic E-state index is 14.7. The fourth-order valence-electron chi connectivity index (χ4n) is 3.46. The SMILES string of the molecule is C[C@H](Nc1nc(N)ncc1C#N)c1cc2cccc(Cl)c2c(=O)n1-c1c(F)cccc1F. The van der Waals surface area contributed by atoms with Gasteiger partial charge in [-0.05, 0) is 36.6 Å². The van der Waals surface area contributed by atoms with Gasteiger partial charge in [-0.2, -0.15) is 10.2 Å². The largest absolute Gasteiger partial charge is 0.368 e. The molecule has 0 amide bonds. The number of benzene rings is 2. The van der Waals surface area contributed by atoms with Gasteiger partial charge in [0.05, 0.1) is 22.6 Å². The monoisotopic (exact) mass is 452 g/mol. The molecule has 0 spiro atoms. The number of fused-ring (bicyclic) bond motifs is 1. The van der Waals surface area contributed by atoms with Crippen LogP contribution < -0.4 is 16.6 Å². The smallest absolute Gasteiger partial charge is 0.264 e. The van der Waals surface area contributed by atoms with Crippen LogP contribution in [0.25, 0.3) is 16.5 Å². The van der Waals surface area contributed by atoms with Gasteiger partial charge in [0.1, 0.15) is 34.8 Å². The Morgan fingerprint density at radius 2 is 1.91 bits per heavy atom. The number of pyridine rings is 1. The highest BCUT2D eigenvalue weighted by atomic mass is 35.5. The van der Waals surface area contributed by atoms with Crippen LogP contribution in [0.4, 0.5) is 20.5 Å². The Morgan fingerprint density at radius 3 is 2.59 bits per heavy atom. The lowest BCUT2D eigenvalue weighted by atomic mass is 10.1. The highest BCUT2D eigenvalue weighted by Crippen LogP contribution is 2.29. The van der Waals surface area contributed by atoms with Crippen LogP contribution >= 0.6 is 11.6 Å². The lowest BCUT2D eigenvalue weighted by Gasteiger charge is -2.22. The third kappa shape index (κ3) is 3.61. The predicted octanol–water partition coefficient (Wildman–Crippen LogP) is 4.34. The van der Waals surface area contributed by atoms with Crippen LogP contribution in [0.2, 0.25) is 5.02 Å². The fraction of sp³-hybridized carbons (Fsp3) is 0.0909. The second-order valence-corrected chi connectivity index (χ2v) is 7.36. The van der Waals surface area contributed by atoms with Crippen molar-refractivity contribution in [3.05, 3.63) is 86.9 Å². The molecule has 7 nitrogen and oxygen atoms in total. The average molecular weight is 453 g/mol. The zero-order chi connectivity index (χ0) is 23.0. The third-order valence-corrected chi connectivity index (χ3v) is 5.23. The molecule has 4 rings (SSSR count). The second-order valence-electron chi connectivity index (χ2n) is 6.95. The van der Waals surface area contributed by atoms with Gasteiger partial charge < -0.3 is 11.1 Å². The molecule has 10 heteroatoms. The van der Waals surface area contributed by atoms with Gasteiger partial charge in [0.15, 0.2) is 0 Å². The van der Waals surface area contributed by atoms with Gasteiger partial charge in [-0.1, -0.05) is 29.8 Å². The molecule has 0 saturated heterocycles. The molecule has 0 unspecified atom stereocenters. The van der Waals surface area contributed by atoms with Crippen LogP contribution in [0.3, 0.4) is 0 Å². The molecule has 0 aliphatic carbocycles. The minimum atomic E-state index is -0.920. The Hall–Kier alpha value is -4.03. The zero-order valence-corrected chi connectivity index (χ0v) is 17.4. The van der Waals surface area contributed by atoms with Crippen molar-refractivity contribution in [3.8, 4) is 11.8 Å². The molecule has 32 heavy (non-hydrogen) atoms. The first-order valence-corrected chi connectivity index (χ1v) is 9.77. The fourth-order valence-corrected chi connectivity index (χ4v) is 3.72. The normalized spacial score (nSPS) is 11.8. The Labute approximate surface area is 185 Å². The molecule has 160 valence electrons. The Bertz CT molecular complexity index is 1440. The molecule has 2 aromatic heterocycles. The summed E-state index contributed by atoms with van der Waals surface area (Å²) in [6.07, 6.45) is 1.25. The Kier molecular flexibility index (Phi) is 5.47. The summed E-state index contributed by atoms with van der Waals surface area (Å²) in [6, 6.07) is 11.0. The highest BCUT2D eigenvalue weighted by Gasteiger charge is 2.23. The van der Waals surface area contributed by atoms with Gasteiger partial charge >= 0.3 is 0 Å². The van der Waals surface area contributed by atoms with Crippen molar-refractivity contribution in [1.29, 1.82) is 5.26 Å². The molecule has 2 heterocycles. The molecular formula is C22H15ClF2N6O. The van der Waals surface area contributed by atoms with Gasteiger partial charge in [-0.3, -0.25) is 9.36 Å². The molecule has 0 aliphatic rings. The molecule has 0 saturated carbocycles. The van der Waals surface area contributed by atoms with E-state index in [-0.39, 0.29) is 33.4 Å². The number of nitrogen functional groups attached to an aromatic ring is 1. The molecule has 0 radical (unpaired) electrons. The number of nitrogens with two attached hydrogens (primary N) is 1. The van der Waals surface area contributed by atoms with Crippen molar-refractivity contribution in [3.63, 3.8) is 0 Å². The number of hydrogen-bond donors (Lipinski definition) is 2. The van der Waals surface area contributed by atoms with Crippen LogP contribution in [0.1, 0.15) is 24.2 Å². The van der Waals surface area contributed by atoms with Crippen molar-refractivity contribution >= 4 is 34.1 Å². The number of hydrogen-bond acceptors (Lipinski definition) is 6. The molecule has 0 aliphatic heterocycles. The minimum Gasteiger partial charge on any atom is -0.368 e. The number of nitrogens with zero attached hydrogens (tertiary/aromatic N) is 4. The number of rotatable bonds is 4. The number of nitrogens with one attached hydrogen (secondary N) is 1. The van der Waals surface area contributed by atoms with Gasteiger partial charge in [-0.15, -0.1) is 0 Å². The standard InChI is InChI=1S/C22H15ClF2N6O/c1-11(29-20-13(9-26)10-28-22(27)30-20)17-8-12-4-2-5-14(23)18(12)21(32)31(17)19-15(24)6-3-7-16(19)25/h2-8,10-11H,1H3,(H3,27,28,29,30)/t11-/m0/s1. The van der Waals surface area contributed by atoms with Crippen molar-refractivity contribution in [1.82, 2.24) is 14.5 Å². The number of anilines is 2. The number of nitriles is 1. The minimum absolute atomic E-state index is 0.0680. The highest BCUT2D eigenvalue weighted by molar-refractivity contribution is 6.35. The van der Waals surface area contributed by atoms with E-state index < -0.39 is 28.9 Å². The maximum Gasteiger partial charge on any atom is 0.264 e. The van der Waals surface area contributed by atoms with E-state index in [4.69, 9.17) is 17.3 Å². The first-order valence-electron chi connectivity index (χ1n) is 9.39. The lowest BCUT2D eigenvalue weighted by molar-refractivity contribution is 0.561. The number of halogens is 3. The van der Waals surface area contributed by atoms with Gasteiger partial charge in [-0.25, -0.2) is 13.8 Å². The van der Waals surface area contributed by atoms with Crippen LogP contribution in [-0.2, 0) is 0 Å². The first kappa shape index (κ1) is 21.2. The molecule has 1 atom stereocenters. The first-order chi connectivity index (χ1) is 15.3. The van der Waals surface area contributed by atoms with Crippen LogP contribution in [0.15, 0.2) is 53.5 Å². The molecule has 3 N–H and O–H groups in total. The maximum atomic E-state index is 14.7. The van der Waals surface area contributed by atoms with Crippen LogP contribution in [0, 0.1) is 23.0 Å². The van der Waals surface area contributed by atoms with E-state index in [2.05, 4.69) is 15.3 Å². The van der Waals surface area contributed by atoms with Crippen molar-refractivity contribution in [2.75, 3.05) is 11.1 Å². The summed E-state index contributed by atoms with van der Waals surface area (Å²) in [7, 11) is 0. The predicted molar refractivity (Wildman–Crippen MR) is 118 cm³/mol. The van der Waals surface area contributed by atoms with E-state index in [0.717, 1.165) is 16.7 Å². The summed E-state index contributed by atoms with van der Waals surface area (Å²) in [4.78, 5) is 21.2. The summed E-state index contributed by atoms with van der Waals surface area (Å²) >= 11 is 6.24. The van der Waals surface area contributed by atoms with Crippen molar-refractivity contribution in [2.24, 2.45) is 0 Å². The molecule has 4 aromatic rings. The zero-order valence-electron chi connectivity index (χ0n) is 16.6. The van der Waals surface area contributed by atoms with Gasteiger partial charge in [0.2, 0.25) is 5.95 Å². The topological polar surface area (TPSA) is 110 Å².